The molecular formula is C20H22FN5O2. The Bertz CT molecular complexity index is 999. The van der Waals surface area contributed by atoms with Crippen molar-refractivity contribution < 1.29 is 14.0 Å². The van der Waals surface area contributed by atoms with Crippen LogP contribution in [0.2, 0.25) is 0 Å². The van der Waals surface area contributed by atoms with Crippen LogP contribution in [0.1, 0.15) is 26.7 Å². The number of nitrogens with zero attached hydrogens (tertiary/aromatic N) is 3. The smallest absolute Gasteiger partial charge is 0.287 e. The zero-order valence-electron chi connectivity index (χ0n) is 15.8. The first-order valence-corrected chi connectivity index (χ1v) is 8.89. The molecule has 0 spiro atoms. The number of amides is 2. The lowest BCUT2D eigenvalue weighted by Gasteiger charge is -2.09. The first kappa shape index (κ1) is 19.5. The second kappa shape index (κ2) is 8.62. The molecule has 0 aliphatic rings. The number of pyridine rings is 1. The van der Waals surface area contributed by atoms with Gasteiger partial charge in [-0.15, -0.1) is 0 Å². The van der Waals surface area contributed by atoms with Crippen molar-refractivity contribution in [3.8, 4) is 0 Å². The van der Waals surface area contributed by atoms with Gasteiger partial charge in [0.25, 0.3) is 11.8 Å². The molecule has 3 rings (SSSR count). The van der Waals surface area contributed by atoms with Crippen LogP contribution in [-0.2, 0) is 6.54 Å². The molecule has 0 saturated heterocycles. The second-order valence-corrected chi connectivity index (χ2v) is 6.57. The Morgan fingerprint density at radius 1 is 1.07 bits per heavy atom. The average Bonchev–Trinajstić information content (AvgIpc) is 3.07. The number of aromatic nitrogens is 2. The molecule has 0 fully saturated rings. The number of rotatable bonds is 7. The monoisotopic (exact) mass is 383 g/mol. The number of imidazole rings is 1. The number of fused-ring (bicyclic) bond motifs is 1. The van der Waals surface area contributed by atoms with Crippen LogP contribution in [0.15, 0.2) is 48.7 Å². The molecule has 7 nitrogen and oxygen atoms in total. The van der Waals surface area contributed by atoms with Crippen LogP contribution in [0.3, 0.4) is 0 Å². The maximum Gasteiger partial charge on any atom is 0.287 e. The number of nitrogens with one attached hydrogen (secondary N) is 2. The second-order valence-electron chi connectivity index (χ2n) is 6.57. The summed E-state index contributed by atoms with van der Waals surface area (Å²) in [4.78, 5) is 31.3. The van der Waals surface area contributed by atoms with Crippen molar-refractivity contribution >= 4 is 17.3 Å². The normalized spacial score (nSPS) is 11.0. The van der Waals surface area contributed by atoms with E-state index in [2.05, 4.69) is 15.6 Å². The molecule has 3 aromatic rings. The molecule has 2 amide bonds. The molecule has 2 aromatic heterocycles. The Hall–Kier alpha value is -3.26. The molecule has 2 heterocycles. The highest BCUT2D eigenvalue weighted by Gasteiger charge is 2.21. The molecular weight excluding hydrogens is 361 g/mol. The van der Waals surface area contributed by atoms with E-state index < -0.39 is 11.7 Å². The van der Waals surface area contributed by atoms with Crippen LogP contribution < -0.4 is 10.6 Å². The van der Waals surface area contributed by atoms with Crippen molar-refractivity contribution in [3.05, 3.63) is 71.6 Å². The molecule has 28 heavy (non-hydrogen) atoms. The summed E-state index contributed by atoms with van der Waals surface area (Å²) in [6, 6.07) is 11.5. The van der Waals surface area contributed by atoms with Gasteiger partial charge in [-0.3, -0.25) is 14.0 Å². The summed E-state index contributed by atoms with van der Waals surface area (Å²) in [5, 5.41) is 5.46. The maximum absolute atomic E-state index is 13.8. The highest BCUT2D eigenvalue weighted by molar-refractivity contribution is 6.02. The van der Waals surface area contributed by atoms with E-state index >= 15 is 0 Å². The van der Waals surface area contributed by atoms with Gasteiger partial charge in [-0.1, -0.05) is 24.3 Å². The van der Waals surface area contributed by atoms with Gasteiger partial charge in [-0.25, -0.2) is 9.37 Å². The molecule has 0 atom stereocenters. The van der Waals surface area contributed by atoms with E-state index in [0.717, 1.165) is 0 Å². The standard InChI is InChI=1S/C20H22FN5O2/c1-25(2)12-10-22-19(27)17-16-9-5-6-11-26(16)18(24-17)20(28)23-13-14-7-3-4-8-15(14)21/h3-9,11H,10,12-13H2,1-2H3,(H,22,27)(H,23,28). The van der Waals surface area contributed by atoms with Crippen LogP contribution in [0.5, 0.6) is 0 Å². The lowest BCUT2D eigenvalue weighted by molar-refractivity contribution is 0.0939. The maximum atomic E-state index is 13.8. The Kier molecular flexibility index (Phi) is 6.00. The predicted molar refractivity (Wildman–Crippen MR) is 104 cm³/mol. The topological polar surface area (TPSA) is 78.7 Å². The van der Waals surface area contributed by atoms with Gasteiger partial charge in [0, 0.05) is 31.4 Å². The molecule has 0 unspecified atom stereocenters. The van der Waals surface area contributed by atoms with Crippen molar-refractivity contribution in [1.29, 1.82) is 0 Å². The molecule has 0 bridgehead atoms. The van der Waals surface area contributed by atoms with Crippen molar-refractivity contribution in [1.82, 2.24) is 24.9 Å². The summed E-state index contributed by atoms with van der Waals surface area (Å²) in [6.07, 6.45) is 1.66. The molecule has 0 saturated carbocycles. The molecule has 0 aliphatic carbocycles. The van der Waals surface area contributed by atoms with E-state index in [1.165, 1.54) is 6.07 Å². The number of carbonyl (C=O) groups is 2. The minimum Gasteiger partial charge on any atom is -0.349 e. The molecule has 8 heteroatoms. The SMILES string of the molecule is CN(C)CCNC(=O)c1nc(C(=O)NCc2ccccc2F)n2ccccc12. The van der Waals surface area contributed by atoms with E-state index in [0.29, 0.717) is 24.2 Å². The fourth-order valence-corrected chi connectivity index (χ4v) is 2.74. The molecule has 0 aliphatic heterocycles. The number of hydrogen-bond acceptors (Lipinski definition) is 4. The van der Waals surface area contributed by atoms with E-state index in [-0.39, 0.29) is 24.0 Å². The number of carbonyl (C=O) groups excluding carboxylic acids is 2. The number of benzene rings is 1. The summed E-state index contributed by atoms with van der Waals surface area (Å²) in [7, 11) is 3.83. The Morgan fingerprint density at radius 2 is 1.82 bits per heavy atom. The third kappa shape index (κ3) is 4.34. The van der Waals surface area contributed by atoms with E-state index in [1.807, 2.05) is 19.0 Å². The minimum atomic E-state index is -0.489. The Morgan fingerprint density at radius 3 is 2.57 bits per heavy atom. The summed E-state index contributed by atoms with van der Waals surface area (Å²) < 4.78 is 15.3. The summed E-state index contributed by atoms with van der Waals surface area (Å²) in [5.74, 6) is -1.16. The summed E-state index contributed by atoms with van der Waals surface area (Å²) in [5.41, 5.74) is 1.08. The van der Waals surface area contributed by atoms with Crippen LogP contribution in [-0.4, -0.2) is 53.3 Å². The van der Waals surface area contributed by atoms with E-state index in [1.54, 1.807) is 47.0 Å². The lowest BCUT2D eigenvalue weighted by Crippen LogP contribution is -2.31. The van der Waals surface area contributed by atoms with Crippen LogP contribution in [0.25, 0.3) is 5.52 Å². The fourth-order valence-electron chi connectivity index (χ4n) is 2.74. The van der Waals surface area contributed by atoms with Gasteiger partial charge in [0.2, 0.25) is 5.82 Å². The highest BCUT2D eigenvalue weighted by atomic mass is 19.1. The quantitative estimate of drug-likeness (QED) is 0.651. The lowest BCUT2D eigenvalue weighted by atomic mass is 10.2. The molecule has 2 N–H and O–H groups in total. The van der Waals surface area contributed by atoms with Gasteiger partial charge in [-0.2, -0.15) is 0 Å². The van der Waals surface area contributed by atoms with Gasteiger partial charge in [0.15, 0.2) is 5.69 Å². The Balaban J connectivity index is 1.80. The van der Waals surface area contributed by atoms with Crippen molar-refractivity contribution in [2.24, 2.45) is 0 Å². The Labute approximate surface area is 162 Å². The van der Waals surface area contributed by atoms with Crippen LogP contribution >= 0.6 is 0 Å². The zero-order chi connectivity index (χ0) is 20.1. The first-order chi connectivity index (χ1) is 13.5. The van der Waals surface area contributed by atoms with Gasteiger partial charge >= 0.3 is 0 Å². The van der Waals surface area contributed by atoms with Crippen molar-refractivity contribution in [2.45, 2.75) is 6.54 Å². The third-order valence-corrected chi connectivity index (χ3v) is 4.21. The van der Waals surface area contributed by atoms with E-state index in [4.69, 9.17) is 0 Å². The van der Waals surface area contributed by atoms with Gasteiger partial charge < -0.3 is 15.5 Å². The van der Waals surface area contributed by atoms with Crippen LogP contribution in [0.4, 0.5) is 4.39 Å². The van der Waals surface area contributed by atoms with Crippen LogP contribution in [0, 0.1) is 5.82 Å². The number of halogens is 1. The third-order valence-electron chi connectivity index (χ3n) is 4.21. The molecule has 146 valence electrons. The minimum absolute atomic E-state index is 0.0254. The first-order valence-electron chi connectivity index (χ1n) is 8.89. The summed E-state index contributed by atoms with van der Waals surface area (Å²) in [6.45, 7) is 1.18. The van der Waals surface area contributed by atoms with Crippen molar-refractivity contribution in [2.75, 3.05) is 27.2 Å². The molecule has 0 radical (unpaired) electrons. The molecule has 1 aromatic carbocycles. The van der Waals surface area contributed by atoms with E-state index in [9.17, 15) is 14.0 Å². The zero-order valence-corrected chi connectivity index (χ0v) is 15.8. The van der Waals surface area contributed by atoms with Gasteiger partial charge in [-0.05, 0) is 32.3 Å². The van der Waals surface area contributed by atoms with Gasteiger partial charge in [0.05, 0.1) is 5.52 Å². The predicted octanol–water partition coefficient (Wildman–Crippen LogP) is 1.69. The largest absolute Gasteiger partial charge is 0.349 e. The number of hydrogen-bond donors (Lipinski definition) is 2. The fraction of sp³-hybridized carbons (Fsp3) is 0.250. The number of likely N-dealkylation sites (N-methyl/N-ethyl adjacent to an activating group) is 1. The van der Waals surface area contributed by atoms with Crippen molar-refractivity contribution in [3.63, 3.8) is 0 Å². The average molecular weight is 383 g/mol. The highest BCUT2D eigenvalue weighted by Crippen LogP contribution is 2.14. The van der Waals surface area contributed by atoms with Gasteiger partial charge in [0.1, 0.15) is 5.82 Å². The summed E-state index contributed by atoms with van der Waals surface area (Å²) >= 11 is 0.